The first kappa shape index (κ1) is 20.2. The highest BCUT2D eigenvalue weighted by atomic mass is 79.9. The minimum atomic E-state index is -3.97. The number of rotatable bonds is 8. The van der Waals surface area contributed by atoms with Gasteiger partial charge < -0.3 is 9.84 Å². The summed E-state index contributed by atoms with van der Waals surface area (Å²) >= 11 is 5.38. The third-order valence-electron chi connectivity index (χ3n) is 2.97. The molecule has 25 heavy (non-hydrogen) atoms. The highest BCUT2D eigenvalue weighted by Gasteiger charge is 2.31. The van der Waals surface area contributed by atoms with Crippen LogP contribution in [-0.2, 0) is 19.6 Å². The van der Waals surface area contributed by atoms with Crippen molar-refractivity contribution in [3.05, 3.63) is 38.3 Å². The molecular formula is C14H14BrNO6S3. The van der Waals surface area contributed by atoms with E-state index in [2.05, 4.69) is 20.7 Å². The predicted octanol–water partition coefficient (Wildman–Crippen LogP) is 2.03. The van der Waals surface area contributed by atoms with Crippen molar-refractivity contribution in [3.63, 3.8) is 0 Å². The Kier molecular flexibility index (Phi) is 6.88. The fourth-order valence-corrected chi connectivity index (χ4v) is 5.32. The molecular weight excluding hydrogens is 454 g/mol. The van der Waals surface area contributed by atoms with Crippen LogP contribution in [0.4, 0.5) is 0 Å². The van der Waals surface area contributed by atoms with Gasteiger partial charge in [0.2, 0.25) is 5.78 Å². The molecule has 0 bridgehead atoms. The van der Waals surface area contributed by atoms with Gasteiger partial charge in [0, 0.05) is 0 Å². The van der Waals surface area contributed by atoms with Gasteiger partial charge in [-0.15, -0.1) is 22.7 Å². The van der Waals surface area contributed by atoms with Crippen molar-refractivity contribution in [3.8, 4) is 0 Å². The quantitative estimate of drug-likeness (QED) is 0.453. The minimum Gasteiger partial charge on any atom is -0.456 e. The molecule has 2 N–H and O–H groups in total. The van der Waals surface area contributed by atoms with Gasteiger partial charge in [-0.3, -0.25) is 9.59 Å². The standard InChI is InChI=1S/C14H14BrNO6S3/c1-8(17)13(16-25(20,21)12-3-2-6-23-12)14(19)22-7-9(18)10-4-5-11(15)24-10/h2-6,8,13,16-17H,7H2,1H3. The molecule has 0 spiro atoms. The number of ether oxygens (including phenoxy) is 1. The van der Waals surface area contributed by atoms with Crippen molar-refractivity contribution in [1.82, 2.24) is 4.72 Å². The van der Waals surface area contributed by atoms with Crippen LogP contribution < -0.4 is 4.72 Å². The van der Waals surface area contributed by atoms with Gasteiger partial charge in [-0.2, -0.15) is 4.72 Å². The van der Waals surface area contributed by atoms with Crippen LogP contribution in [0.15, 0.2) is 37.6 Å². The lowest BCUT2D eigenvalue weighted by atomic mass is 10.2. The first-order valence-electron chi connectivity index (χ1n) is 6.90. The molecule has 2 unspecified atom stereocenters. The average molecular weight is 468 g/mol. The molecule has 0 saturated heterocycles. The van der Waals surface area contributed by atoms with E-state index in [0.717, 1.165) is 15.1 Å². The van der Waals surface area contributed by atoms with Crippen LogP contribution in [0.2, 0.25) is 0 Å². The fraction of sp³-hybridized carbons (Fsp3) is 0.286. The average Bonchev–Trinajstić information content (AvgIpc) is 3.21. The number of Topliss-reactive ketones (excluding diaryl/α,β-unsaturated/α-hetero) is 1. The van der Waals surface area contributed by atoms with Crippen LogP contribution >= 0.6 is 38.6 Å². The number of hydrogen-bond donors (Lipinski definition) is 2. The number of sulfonamides is 1. The molecule has 0 amide bonds. The number of aliphatic hydroxyl groups is 1. The molecule has 2 rings (SSSR count). The third-order valence-corrected chi connectivity index (χ3v) is 7.48. The van der Waals surface area contributed by atoms with Crippen molar-refractivity contribution in [2.24, 2.45) is 0 Å². The second kappa shape index (κ2) is 8.52. The number of halogens is 1. The van der Waals surface area contributed by atoms with E-state index in [1.54, 1.807) is 23.6 Å². The van der Waals surface area contributed by atoms with E-state index in [4.69, 9.17) is 4.74 Å². The molecule has 7 nitrogen and oxygen atoms in total. The van der Waals surface area contributed by atoms with Gasteiger partial charge in [0.25, 0.3) is 10.0 Å². The fourth-order valence-electron chi connectivity index (χ4n) is 1.75. The second-order valence-electron chi connectivity index (χ2n) is 4.91. The number of ketones is 1. The molecule has 2 atom stereocenters. The SMILES string of the molecule is CC(O)C(NS(=O)(=O)c1cccs1)C(=O)OCC(=O)c1ccc(Br)s1. The van der Waals surface area contributed by atoms with E-state index in [9.17, 15) is 23.1 Å². The summed E-state index contributed by atoms with van der Waals surface area (Å²) in [5.74, 6) is -1.45. The zero-order valence-electron chi connectivity index (χ0n) is 12.8. The predicted molar refractivity (Wildman–Crippen MR) is 97.4 cm³/mol. The molecule has 2 aromatic rings. The van der Waals surface area contributed by atoms with Crippen molar-refractivity contribution in [2.45, 2.75) is 23.3 Å². The maximum absolute atomic E-state index is 12.2. The lowest BCUT2D eigenvalue weighted by Gasteiger charge is -2.19. The Morgan fingerprint density at radius 1 is 1.36 bits per heavy atom. The molecule has 136 valence electrons. The van der Waals surface area contributed by atoms with Crippen molar-refractivity contribution < 1.29 is 27.9 Å². The summed E-state index contributed by atoms with van der Waals surface area (Å²) in [4.78, 5) is 24.4. The Balaban J connectivity index is 2.02. The maximum atomic E-state index is 12.2. The van der Waals surface area contributed by atoms with Gasteiger partial charge in [0.05, 0.1) is 14.8 Å². The molecule has 0 aliphatic rings. The van der Waals surface area contributed by atoms with Crippen LogP contribution in [0.5, 0.6) is 0 Å². The normalized spacial score (nSPS) is 14.0. The topological polar surface area (TPSA) is 110 Å². The molecule has 0 aliphatic heterocycles. The van der Waals surface area contributed by atoms with E-state index in [0.29, 0.717) is 4.88 Å². The van der Waals surface area contributed by atoms with Crippen molar-refractivity contribution >= 4 is 60.4 Å². The van der Waals surface area contributed by atoms with Gasteiger partial charge in [0.15, 0.2) is 6.61 Å². The van der Waals surface area contributed by atoms with Gasteiger partial charge in [0.1, 0.15) is 10.3 Å². The number of nitrogens with one attached hydrogen (secondary N) is 1. The van der Waals surface area contributed by atoms with Gasteiger partial charge in [-0.1, -0.05) is 6.07 Å². The van der Waals surface area contributed by atoms with Gasteiger partial charge >= 0.3 is 5.97 Å². The monoisotopic (exact) mass is 467 g/mol. The molecule has 11 heteroatoms. The lowest BCUT2D eigenvalue weighted by molar-refractivity contribution is -0.147. The Morgan fingerprint density at radius 2 is 2.08 bits per heavy atom. The summed E-state index contributed by atoms with van der Waals surface area (Å²) in [5.41, 5.74) is 0. The summed E-state index contributed by atoms with van der Waals surface area (Å²) in [6.07, 6.45) is -1.34. The smallest absolute Gasteiger partial charge is 0.327 e. The molecule has 2 aromatic heterocycles. The summed E-state index contributed by atoms with van der Waals surface area (Å²) in [6.45, 7) is 0.705. The Morgan fingerprint density at radius 3 is 2.60 bits per heavy atom. The summed E-state index contributed by atoms with van der Waals surface area (Å²) in [7, 11) is -3.97. The second-order valence-corrected chi connectivity index (χ2v) is 10.3. The Labute approximate surface area is 160 Å². The highest BCUT2D eigenvalue weighted by Crippen LogP contribution is 2.22. The van der Waals surface area contributed by atoms with E-state index >= 15 is 0 Å². The van der Waals surface area contributed by atoms with Crippen LogP contribution in [-0.4, -0.2) is 44.0 Å². The third kappa shape index (κ3) is 5.43. The van der Waals surface area contributed by atoms with Crippen LogP contribution in [0.3, 0.4) is 0 Å². The number of thiophene rings is 2. The number of hydrogen-bond acceptors (Lipinski definition) is 8. The number of aliphatic hydroxyl groups excluding tert-OH is 1. The van der Waals surface area contributed by atoms with E-state index in [1.165, 1.54) is 24.3 Å². The first-order valence-corrected chi connectivity index (χ1v) is 10.9. The molecule has 0 fully saturated rings. The maximum Gasteiger partial charge on any atom is 0.327 e. The number of carbonyl (C=O) groups is 2. The summed E-state index contributed by atoms with van der Waals surface area (Å²) in [5, 5.41) is 11.3. The minimum absolute atomic E-state index is 0.00506. The highest BCUT2D eigenvalue weighted by molar-refractivity contribution is 9.11. The Bertz CT molecular complexity index is 844. The number of esters is 1. The van der Waals surface area contributed by atoms with Crippen molar-refractivity contribution in [2.75, 3.05) is 6.61 Å². The van der Waals surface area contributed by atoms with Gasteiger partial charge in [-0.05, 0) is 46.4 Å². The van der Waals surface area contributed by atoms with Crippen molar-refractivity contribution in [1.29, 1.82) is 0 Å². The zero-order chi connectivity index (χ0) is 18.6. The summed E-state index contributed by atoms with van der Waals surface area (Å²) in [6, 6.07) is 4.67. The lowest BCUT2D eigenvalue weighted by Crippen LogP contribution is -2.48. The zero-order valence-corrected chi connectivity index (χ0v) is 16.9. The van der Waals surface area contributed by atoms with E-state index < -0.39 is 40.5 Å². The Hall–Kier alpha value is -1.11. The molecule has 0 saturated carbocycles. The van der Waals surface area contributed by atoms with E-state index in [-0.39, 0.29) is 4.21 Å². The molecule has 0 aromatic carbocycles. The first-order chi connectivity index (χ1) is 11.7. The summed E-state index contributed by atoms with van der Waals surface area (Å²) < 4.78 is 32.1. The van der Waals surface area contributed by atoms with E-state index in [1.807, 2.05) is 0 Å². The van der Waals surface area contributed by atoms with Crippen LogP contribution in [0.25, 0.3) is 0 Å². The van der Waals surface area contributed by atoms with Crippen LogP contribution in [0, 0.1) is 0 Å². The number of carbonyl (C=O) groups excluding carboxylic acids is 2. The van der Waals surface area contributed by atoms with Gasteiger partial charge in [-0.25, -0.2) is 8.42 Å². The largest absolute Gasteiger partial charge is 0.456 e. The molecule has 0 aliphatic carbocycles. The molecule has 0 radical (unpaired) electrons. The van der Waals surface area contributed by atoms with Crippen LogP contribution in [0.1, 0.15) is 16.6 Å². The molecule has 2 heterocycles.